The van der Waals surface area contributed by atoms with Crippen molar-refractivity contribution >= 4 is 21.7 Å². The third-order valence-corrected chi connectivity index (χ3v) is 4.43. The van der Waals surface area contributed by atoms with Crippen LogP contribution in [0, 0.1) is 5.82 Å². The fourth-order valence-electron chi connectivity index (χ4n) is 2.43. The molecule has 0 radical (unpaired) electrons. The Morgan fingerprint density at radius 1 is 1.20 bits per heavy atom. The minimum atomic E-state index is -0.339. The van der Waals surface area contributed by atoms with Gasteiger partial charge in [-0.1, -0.05) is 24.3 Å². The highest BCUT2D eigenvalue weighted by atomic mass is 79.9. The fourth-order valence-corrected chi connectivity index (χ4v) is 2.83. The van der Waals surface area contributed by atoms with E-state index in [4.69, 9.17) is 0 Å². The number of Topliss-reactive ketones (excluding diaryl/α,β-unsaturated/α-hetero) is 1. The van der Waals surface area contributed by atoms with Crippen molar-refractivity contribution < 1.29 is 9.18 Å². The van der Waals surface area contributed by atoms with E-state index in [-0.39, 0.29) is 18.0 Å². The van der Waals surface area contributed by atoms with Gasteiger partial charge in [-0.25, -0.2) is 4.39 Å². The molecule has 0 saturated heterocycles. The topological polar surface area (TPSA) is 29.1 Å². The van der Waals surface area contributed by atoms with E-state index in [1.807, 2.05) is 18.2 Å². The van der Waals surface area contributed by atoms with Gasteiger partial charge >= 0.3 is 0 Å². The van der Waals surface area contributed by atoms with Crippen molar-refractivity contribution in [1.29, 1.82) is 0 Å². The van der Waals surface area contributed by atoms with Crippen LogP contribution >= 0.6 is 15.9 Å². The van der Waals surface area contributed by atoms with E-state index in [1.54, 1.807) is 12.1 Å². The van der Waals surface area contributed by atoms with Crippen LogP contribution in [-0.4, -0.2) is 5.78 Å². The Morgan fingerprint density at radius 2 is 2.00 bits per heavy atom. The van der Waals surface area contributed by atoms with Gasteiger partial charge in [-0.05, 0) is 44.8 Å². The summed E-state index contributed by atoms with van der Waals surface area (Å²) in [5.74, 6) is -0.334. The summed E-state index contributed by atoms with van der Waals surface area (Å²) in [4.78, 5) is 12.3. The van der Waals surface area contributed by atoms with Gasteiger partial charge in [0.15, 0.2) is 5.78 Å². The maximum atomic E-state index is 13.4. The maximum absolute atomic E-state index is 13.4. The summed E-state index contributed by atoms with van der Waals surface area (Å²) in [6.45, 7) is 1.67. The molecule has 0 saturated carbocycles. The first-order chi connectivity index (χ1) is 9.65. The molecule has 3 rings (SSSR count). The van der Waals surface area contributed by atoms with Crippen LogP contribution in [0.1, 0.15) is 27.0 Å². The number of ketones is 1. The van der Waals surface area contributed by atoms with Crippen LogP contribution in [0.25, 0.3) is 0 Å². The number of rotatable bonds is 3. The van der Waals surface area contributed by atoms with E-state index in [0.717, 1.165) is 13.1 Å². The molecule has 0 amide bonds. The van der Waals surface area contributed by atoms with Crippen molar-refractivity contribution in [2.45, 2.75) is 19.5 Å². The zero-order chi connectivity index (χ0) is 14.1. The minimum Gasteiger partial charge on any atom is -0.309 e. The average molecular weight is 334 g/mol. The Kier molecular flexibility index (Phi) is 3.68. The molecule has 0 unspecified atom stereocenters. The summed E-state index contributed by atoms with van der Waals surface area (Å²) < 4.78 is 13.8. The summed E-state index contributed by atoms with van der Waals surface area (Å²) in [7, 11) is 0. The Balaban J connectivity index is 1.84. The van der Waals surface area contributed by atoms with Crippen LogP contribution in [0.4, 0.5) is 4.39 Å². The van der Waals surface area contributed by atoms with E-state index in [9.17, 15) is 9.18 Å². The van der Waals surface area contributed by atoms with Crippen LogP contribution < -0.4 is 5.32 Å². The zero-order valence-electron chi connectivity index (χ0n) is 10.7. The van der Waals surface area contributed by atoms with E-state index in [0.29, 0.717) is 15.6 Å². The highest BCUT2D eigenvalue weighted by Crippen LogP contribution is 2.23. The summed E-state index contributed by atoms with van der Waals surface area (Å²) >= 11 is 3.19. The van der Waals surface area contributed by atoms with Crippen molar-refractivity contribution in [1.82, 2.24) is 5.32 Å². The quantitative estimate of drug-likeness (QED) is 0.869. The fraction of sp³-hybridized carbons (Fsp3) is 0.188. The molecule has 0 atom stereocenters. The molecule has 0 aliphatic carbocycles. The van der Waals surface area contributed by atoms with Crippen LogP contribution in [0.15, 0.2) is 40.9 Å². The predicted octanol–water partition coefficient (Wildman–Crippen LogP) is 3.62. The monoisotopic (exact) mass is 333 g/mol. The second kappa shape index (κ2) is 5.46. The number of nitrogens with one attached hydrogen (secondary N) is 1. The molecule has 2 aromatic carbocycles. The van der Waals surface area contributed by atoms with E-state index >= 15 is 0 Å². The second-order valence-electron chi connectivity index (χ2n) is 4.90. The summed E-state index contributed by atoms with van der Waals surface area (Å²) in [5.41, 5.74) is 3.78. The summed E-state index contributed by atoms with van der Waals surface area (Å²) in [6.07, 6.45) is 0.199. The molecular weight excluding hydrogens is 321 g/mol. The van der Waals surface area contributed by atoms with Gasteiger partial charge < -0.3 is 5.32 Å². The van der Waals surface area contributed by atoms with Crippen LogP contribution in [0.5, 0.6) is 0 Å². The minimum absolute atomic E-state index is 0.00556. The van der Waals surface area contributed by atoms with Gasteiger partial charge in [-0.15, -0.1) is 0 Å². The van der Waals surface area contributed by atoms with Gasteiger partial charge in [0.1, 0.15) is 5.82 Å². The molecule has 2 aromatic rings. The molecular formula is C16H13BrFNO. The third kappa shape index (κ3) is 2.53. The largest absolute Gasteiger partial charge is 0.309 e. The Hall–Kier alpha value is -1.52. The number of carbonyl (C=O) groups excluding carboxylic acids is 1. The van der Waals surface area contributed by atoms with Gasteiger partial charge in [-0.2, -0.15) is 0 Å². The molecule has 1 aliphatic heterocycles. The predicted molar refractivity (Wildman–Crippen MR) is 79.1 cm³/mol. The molecule has 4 heteroatoms. The molecule has 1 N–H and O–H groups in total. The maximum Gasteiger partial charge on any atom is 0.167 e. The molecule has 1 aliphatic rings. The lowest BCUT2D eigenvalue weighted by Gasteiger charge is -2.06. The lowest BCUT2D eigenvalue weighted by atomic mass is 9.99. The molecule has 102 valence electrons. The second-order valence-corrected chi connectivity index (χ2v) is 5.69. The highest BCUT2D eigenvalue weighted by molar-refractivity contribution is 9.10. The Morgan fingerprint density at radius 3 is 2.85 bits per heavy atom. The molecule has 0 aromatic heterocycles. The summed E-state index contributed by atoms with van der Waals surface area (Å²) in [5, 5.41) is 3.25. The van der Waals surface area contributed by atoms with Gasteiger partial charge in [0.25, 0.3) is 0 Å². The Bertz CT molecular complexity index is 684. The highest BCUT2D eigenvalue weighted by Gasteiger charge is 2.15. The van der Waals surface area contributed by atoms with Crippen molar-refractivity contribution in [3.8, 4) is 0 Å². The van der Waals surface area contributed by atoms with E-state index in [1.165, 1.54) is 17.2 Å². The zero-order valence-corrected chi connectivity index (χ0v) is 12.3. The van der Waals surface area contributed by atoms with E-state index < -0.39 is 0 Å². The normalized spacial score (nSPS) is 13.3. The van der Waals surface area contributed by atoms with Gasteiger partial charge in [-0.3, -0.25) is 4.79 Å². The Labute approximate surface area is 125 Å². The van der Waals surface area contributed by atoms with Gasteiger partial charge in [0.2, 0.25) is 0 Å². The number of carbonyl (C=O) groups is 1. The number of halogens is 2. The number of hydrogen-bond acceptors (Lipinski definition) is 2. The van der Waals surface area contributed by atoms with Gasteiger partial charge in [0, 0.05) is 25.1 Å². The van der Waals surface area contributed by atoms with E-state index in [2.05, 4.69) is 21.2 Å². The first kappa shape index (κ1) is 13.5. The van der Waals surface area contributed by atoms with Crippen LogP contribution in [-0.2, 0) is 19.5 Å². The van der Waals surface area contributed by atoms with Crippen LogP contribution in [0.3, 0.4) is 0 Å². The van der Waals surface area contributed by atoms with Crippen molar-refractivity contribution in [2.75, 3.05) is 0 Å². The standard InChI is InChI=1S/C16H13BrFNO/c17-16-11(2-1-3-14(16)18)7-15(20)10-4-5-12-8-19-9-13(12)6-10/h1-6,19H,7-9H2. The molecule has 0 spiro atoms. The summed E-state index contributed by atoms with van der Waals surface area (Å²) in [6, 6.07) is 10.5. The molecule has 0 fully saturated rings. The lowest BCUT2D eigenvalue weighted by Crippen LogP contribution is -2.05. The SMILES string of the molecule is O=C(Cc1cccc(F)c1Br)c1ccc2c(c1)CNC2. The average Bonchev–Trinajstić information content (AvgIpc) is 2.91. The van der Waals surface area contributed by atoms with Crippen molar-refractivity contribution in [3.05, 3.63) is 68.9 Å². The number of benzene rings is 2. The molecule has 2 nitrogen and oxygen atoms in total. The first-order valence-corrected chi connectivity index (χ1v) is 7.23. The van der Waals surface area contributed by atoms with Crippen molar-refractivity contribution in [3.63, 3.8) is 0 Å². The first-order valence-electron chi connectivity index (χ1n) is 6.44. The smallest absolute Gasteiger partial charge is 0.167 e. The molecule has 1 heterocycles. The lowest BCUT2D eigenvalue weighted by molar-refractivity contribution is 0.0992. The molecule has 0 bridgehead atoms. The number of hydrogen-bond donors (Lipinski definition) is 1. The van der Waals surface area contributed by atoms with Crippen LogP contribution in [0.2, 0.25) is 0 Å². The third-order valence-electron chi connectivity index (χ3n) is 3.54. The number of fused-ring (bicyclic) bond motifs is 1. The molecule has 20 heavy (non-hydrogen) atoms. The van der Waals surface area contributed by atoms with Gasteiger partial charge in [0.05, 0.1) is 4.47 Å². The van der Waals surface area contributed by atoms with Crippen molar-refractivity contribution in [2.24, 2.45) is 0 Å².